The van der Waals surface area contributed by atoms with Gasteiger partial charge in [0, 0.05) is 17.2 Å². The summed E-state index contributed by atoms with van der Waals surface area (Å²) in [6.07, 6.45) is 4.49. The molecule has 1 aromatic heterocycles. The Kier molecular flexibility index (Phi) is 4.95. The van der Waals surface area contributed by atoms with Crippen LogP contribution in [0.3, 0.4) is 0 Å². The van der Waals surface area contributed by atoms with Crippen molar-refractivity contribution in [2.45, 2.75) is 19.4 Å². The van der Waals surface area contributed by atoms with Crippen LogP contribution in [0.15, 0.2) is 22.8 Å². The summed E-state index contributed by atoms with van der Waals surface area (Å²) in [6.45, 7) is 4.47. The standard InChI is InChI=1S/C13H20BrN3/c1-17-6-4-11(5-7-17)8-15-10-13-3-2-12(14)9-16-13/h2-3,9,11,15H,4-8,10H2,1H3. The van der Waals surface area contributed by atoms with E-state index in [0.717, 1.165) is 29.2 Å². The Hall–Kier alpha value is -0.450. The van der Waals surface area contributed by atoms with Crippen LogP contribution in [0.5, 0.6) is 0 Å². The molecule has 0 spiro atoms. The van der Waals surface area contributed by atoms with Crippen LogP contribution in [0.4, 0.5) is 0 Å². The third kappa shape index (κ3) is 4.37. The summed E-state index contributed by atoms with van der Waals surface area (Å²) in [6, 6.07) is 4.10. The third-order valence-corrected chi connectivity index (χ3v) is 3.83. The molecule has 1 fully saturated rings. The summed E-state index contributed by atoms with van der Waals surface area (Å²) < 4.78 is 1.04. The molecule has 0 radical (unpaired) electrons. The molecule has 17 heavy (non-hydrogen) atoms. The predicted molar refractivity (Wildman–Crippen MR) is 73.9 cm³/mol. The van der Waals surface area contributed by atoms with Crippen LogP contribution in [-0.2, 0) is 6.54 Å². The lowest BCUT2D eigenvalue weighted by Crippen LogP contribution is -2.34. The van der Waals surface area contributed by atoms with Crippen LogP contribution in [0.1, 0.15) is 18.5 Å². The number of nitrogens with one attached hydrogen (secondary N) is 1. The van der Waals surface area contributed by atoms with Gasteiger partial charge in [0.25, 0.3) is 0 Å². The first-order chi connectivity index (χ1) is 8.24. The predicted octanol–water partition coefficient (Wildman–Crippen LogP) is 2.28. The fraction of sp³-hybridized carbons (Fsp3) is 0.615. The van der Waals surface area contributed by atoms with Crippen molar-refractivity contribution in [3.8, 4) is 0 Å². The lowest BCUT2D eigenvalue weighted by molar-refractivity contribution is 0.216. The number of rotatable bonds is 4. The van der Waals surface area contributed by atoms with Crippen molar-refractivity contribution in [2.75, 3.05) is 26.7 Å². The zero-order valence-corrected chi connectivity index (χ0v) is 11.9. The molecule has 0 aliphatic carbocycles. The molecule has 1 aliphatic rings. The Bertz CT molecular complexity index is 331. The molecule has 1 aromatic rings. The first-order valence-corrected chi connectivity index (χ1v) is 7.03. The van der Waals surface area contributed by atoms with Gasteiger partial charge >= 0.3 is 0 Å². The Labute approximate surface area is 112 Å². The number of hydrogen-bond acceptors (Lipinski definition) is 3. The highest BCUT2D eigenvalue weighted by molar-refractivity contribution is 9.10. The molecule has 1 saturated heterocycles. The third-order valence-electron chi connectivity index (χ3n) is 3.37. The molecule has 0 unspecified atom stereocenters. The molecule has 0 bridgehead atoms. The van der Waals surface area contributed by atoms with Crippen molar-refractivity contribution in [1.29, 1.82) is 0 Å². The second-order valence-corrected chi connectivity index (χ2v) is 5.76. The van der Waals surface area contributed by atoms with Crippen molar-refractivity contribution in [1.82, 2.24) is 15.2 Å². The van der Waals surface area contributed by atoms with Crippen LogP contribution in [0.2, 0.25) is 0 Å². The van der Waals surface area contributed by atoms with E-state index in [1.807, 2.05) is 12.3 Å². The number of aromatic nitrogens is 1. The molecule has 1 aliphatic heterocycles. The molecular formula is C13H20BrN3. The van der Waals surface area contributed by atoms with Crippen LogP contribution >= 0.6 is 15.9 Å². The SMILES string of the molecule is CN1CCC(CNCc2ccc(Br)cn2)CC1. The Balaban J connectivity index is 1.67. The average Bonchev–Trinajstić information content (AvgIpc) is 2.34. The number of nitrogens with zero attached hydrogens (tertiary/aromatic N) is 2. The van der Waals surface area contributed by atoms with Crippen LogP contribution in [0, 0.1) is 5.92 Å². The Morgan fingerprint density at radius 3 is 2.82 bits per heavy atom. The summed E-state index contributed by atoms with van der Waals surface area (Å²) in [4.78, 5) is 6.76. The van der Waals surface area contributed by atoms with Crippen molar-refractivity contribution in [3.63, 3.8) is 0 Å². The fourth-order valence-electron chi connectivity index (χ4n) is 2.18. The second-order valence-electron chi connectivity index (χ2n) is 4.85. The van der Waals surface area contributed by atoms with Crippen LogP contribution < -0.4 is 5.32 Å². The van der Waals surface area contributed by atoms with Gasteiger partial charge in [-0.2, -0.15) is 0 Å². The van der Waals surface area contributed by atoms with E-state index >= 15 is 0 Å². The van der Waals surface area contributed by atoms with E-state index in [4.69, 9.17) is 0 Å². The smallest absolute Gasteiger partial charge is 0.0542 e. The van der Waals surface area contributed by atoms with Gasteiger partial charge in [0.05, 0.1) is 5.69 Å². The highest BCUT2D eigenvalue weighted by Gasteiger charge is 2.15. The number of halogens is 1. The van der Waals surface area contributed by atoms with Gasteiger partial charge in [-0.1, -0.05) is 0 Å². The molecule has 0 atom stereocenters. The number of likely N-dealkylation sites (tertiary alicyclic amines) is 1. The Morgan fingerprint density at radius 2 is 2.18 bits per heavy atom. The normalized spacial score (nSPS) is 18.5. The molecule has 0 amide bonds. The van der Waals surface area contributed by atoms with E-state index in [0.29, 0.717) is 0 Å². The van der Waals surface area contributed by atoms with Gasteiger partial charge in [0.2, 0.25) is 0 Å². The largest absolute Gasteiger partial charge is 0.311 e. The Morgan fingerprint density at radius 1 is 1.41 bits per heavy atom. The summed E-state index contributed by atoms with van der Waals surface area (Å²) in [5.41, 5.74) is 1.11. The van der Waals surface area contributed by atoms with Gasteiger partial charge in [-0.25, -0.2) is 0 Å². The molecule has 1 N–H and O–H groups in total. The zero-order chi connectivity index (χ0) is 12.1. The van der Waals surface area contributed by atoms with Crippen LogP contribution in [-0.4, -0.2) is 36.6 Å². The van der Waals surface area contributed by atoms with Crippen molar-refractivity contribution >= 4 is 15.9 Å². The molecule has 2 rings (SSSR count). The number of pyridine rings is 1. The van der Waals surface area contributed by atoms with Gasteiger partial charge < -0.3 is 10.2 Å². The van der Waals surface area contributed by atoms with E-state index < -0.39 is 0 Å². The van der Waals surface area contributed by atoms with E-state index in [1.165, 1.54) is 25.9 Å². The topological polar surface area (TPSA) is 28.2 Å². The summed E-state index contributed by atoms with van der Waals surface area (Å²) in [5, 5.41) is 3.51. The minimum atomic E-state index is 0.835. The van der Waals surface area contributed by atoms with E-state index in [-0.39, 0.29) is 0 Å². The number of hydrogen-bond donors (Lipinski definition) is 1. The summed E-state index contributed by atoms with van der Waals surface area (Å²) in [5.74, 6) is 0.835. The van der Waals surface area contributed by atoms with Gasteiger partial charge in [0.15, 0.2) is 0 Å². The quantitative estimate of drug-likeness (QED) is 0.924. The summed E-state index contributed by atoms with van der Waals surface area (Å²) >= 11 is 3.39. The van der Waals surface area contributed by atoms with Gasteiger partial charge in [-0.3, -0.25) is 4.98 Å². The fourth-order valence-corrected chi connectivity index (χ4v) is 2.42. The van der Waals surface area contributed by atoms with Crippen LogP contribution in [0.25, 0.3) is 0 Å². The van der Waals surface area contributed by atoms with E-state index in [9.17, 15) is 0 Å². The first kappa shape index (κ1) is 13.0. The van der Waals surface area contributed by atoms with E-state index in [2.05, 4.69) is 44.2 Å². The molecule has 94 valence electrons. The monoisotopic (exact) mass is 297 g/mol. The maximum absolute atomic E-state index is 4.36. The molecule has 3 nitrogen and oxygen atoms in total. The first-order valence-electron chi connectivity index (χ1n) is 6.24. The lowest BCUT2D eigenvalue weighted by atomic mass is 9.97. The molecule has 4 heteroatoms. The summed E-state index contributed by atoms with van der Waals surface area (Å²) in [7, 11) is 2.20. The minimum Gasteiger partial charge on any atom is -0.311 e. The maximum atomic E-state index is 4.36. The van der Waals surface area contributed by atoms with Crippen molar-refractivity contribution in [3.05, 3.63) is 28.5 Å². The minimum absolute atomic E-state index is 0.835. The van der Waals surface area contributed by atoms with Gasteiger partial charge in [-0.05, 0) is 73.5 Å². The van der Waals surface area contributed by atoms with Crippen molar-refractivity contribution in [2.24, 2.45) is 5.92 Å². The molecule has 0 saturated carbocycles. The average molecular weight is 298 g/mol. The van der Waals surface area contributed by atoms with Gasteiger partial charge in [-0.15, -0.1) is 0 Å². The highest BCUT2D eigenvalue weighted by Crippen LogP contribution is 2.15. The second kappa shape index (κ2) is 6.47. The molecule has 0 aromatic carbocycles. The lowest BCUT2D eigenvalue weighted by Gasteiger charge is -2.29. The highest BCUT2D eigenvalue weighted by atomic mass is 79.9. The number of piperidine rings is 1. The van der Waals surface area contributed by atoms with E-state index in [1.54, 1.807) is 0 Å². The molecule has 2 heterocycles. The van der Waals surface area contributed by atoms with Crippen molar-refractivity contribution < 1.29 is 0 Å². The zero-order valence-electron chi connectivity index (χ0n) is 10.3. The maximum Gasteiger partial charge on any atom is 0.0542 e. The molecular weight excluding hydrogens is 278 g/mol. The van der Waals surface area contributed by atoms with Gasteiger partial charge in [0.1, 0.15) is 0 Å².